The number of hydrogen-bond donors (Lipinski definition) is 2. The average molecular weight is 293 g/mol. The molecule has 1 aromatic rings. The molecule has 19 heavy (non-hydrogen) atoms. The van der Waals surface area contributed by atoms with Gasteiger partial charge in [-0.15, -0.1) is 0 Å². The molecular weight excluding hydrogens is 274 g/mol. The molecule has 3 N–H and O–H groups in total. The van der Waals surface area contributed by atoms with Gasteiger partial charge in [0.1, 0.15) is 11.6 Å². The van der Waals surface area contributed by atoms with Crippen LogP contribution < -0.4 is 11.3 Å². The predicted octanol–water partition coefficient (Wildman–Crippen LogP) is 3.33. The van der Waals surface area contributed by atoms with Gasteiger partial charge in [0.05, 0.1) is 10.6 Å². The van der Waals surface area contributed by atoms with Gasteiger partial charge in [0.15, 0.2) is 0 Å². The first-order valence-corrected chi connectivity index (χ1v) is 6.34. The van der Waals surface area contributed by atoms with Crippen molar-refractivity contribution in [3.8, 4) is 0 Å². The summed E-state index contributed by atoms with van der Waals surface area (Å²) in [5.74, 6) is 4.18. The van der Waals surface area contributed by atoms with Crippen molar-refractivity contribution < 1.29 is 13.5 Å². The van der Waals surface area contributed by atoms with Crippen LogP contribution in [0, 0.1) is 11.6 Å². The highest BCUT2D eigenvalue weighted by atomic mass is 35.5. The standard InChI is InChI=1S/C13H19ClF2N2O/c1-13(2,19-3)5-4-12(18-17)8-6-11(16)9(14)7-10(8)15/h6-7,12,18H,4-5,17H2,1-3H3. The van der Waals surface area contributed by atoms with E-state index in [0.717, 1.165) is 12.1 Å². The lowest BCUT2D eigenvalue weighted by Gasteiger charge is -2.26. The van der Waals surface area contributed by atoms with Crippen molar-refractivity contribution in [2.45, 2.75) is 38.3 Å². The number of halogens is 3. The van der Waals surface area contributed by atoms with E-state index in [1.807, 2.05) is 13.8 Å². The van der Waals surface area contributed by atoms with Crippen molar-refractivity contribution in [1.82, 2.24) is 5.43 Å². The van der Waals surface area contributed by atoms with Gasteiger partial charge >= 0.3 is 0 Å². The van der Waals surface area contributed by atoms with Gasteiger partial charge in [-0.05, 0) is 38.8 Å². The largest absolute Gasteiger partial charge is 0.379 e. The molecule has 0 fully saturated rings. The van der Waals surface area contributed by atoms with Crippen molar-refractivity contribution in [2.75, 3.05) is 7.11 Å². The topological polar surface area (TPSA) is 47.3 Å². The summed E-state index contributed by atoms with van der Waals surface area (Å²) >= 11 is 5.52. The SMILES string of the molecule is COC(C)(C)CCC(NN)c1cc(F)c(Cl)cc1F. The summed E-state index contributed by atoms with van der Waals surface area (Å²) in [5.41, 5.74) is 2.31. The zero-order chi connectivity index (χ0) is 14.6. The van der Waals surface area contributed by atoms with Crippen LogP contribution in [0.4, 0.5) is 8.78 Å². The van der Waals surface area contributed by atoms with E-state index in [4.69, 9.17) is 22.2 Å². The average Bonchev–Trinajstić information content (AvgIpc) is 2.36. The van der Waals surface area contributed by atoms with Crippen molar-refractivity contribution in [2.24, 2.45) is 5.84 Å². The number of benzene rings is 1. The summed E-state index contributed by atoms with van der Waals surface area (Å²) < 4.78 is 32.5. The number of ether oxygens (including phenoxy) is 1. The van der Waals surface area contributed by atoms with E-state index in [2.05, 4.69) is 5.43 Å². The molecule has 1 atom stereocenters. The molecule has 0 radical (unpaired) electrons. The predicted molar refractivity (Wildman–Crippen MR) is 71.8 cm³/mol. The number of nitrogens with two attached hydrogens (primary N) is 1. The summed E-state index contributed by atoms with van der Waals surface area (Å²) in [5, 5.41) is -0.241. The van der Waals surface area contributed by atoms with E-state index in [0.29, 0.717) is 12.8 Å². The smallest absolute Gasteiger partial charge is 0.142 e. The third-order valence-electron chi connectivity index (χ3n) is 3.20. The maximum Gasteiger partial charge on any atom is 0.142 e. The van der Waals surface area contributed by atoms with Crippen molar-refractivity contribution in [3.63, 3.8) is 0 Å². The lowest BCUT2D eigenvalue weighted by Crippen LogP contribution is -2.31. The summed E-state index contributed by atoms with van der Waals surface area (Å²) in [6, 6.07) is 1.53. The van der Waals surface area contributed by atoms with Gasteiger partial charge in [-0.2, -0.15) is 0 Å². The summed E-state index contributed by atoms with van der Waals surface area (Å²) in [7, 11) is 1.60. The zero-order valence-electron chi connectivity index (χ0n) is 11.3. The maximum atomic E-state index is 13.8. The zero-order valence-corrected chi connectivity index (χ0v) is 12.0. The second-order valence-electron chi connectivity index (χ2n) is 5.01. The molecule has 0 bridgehead atoms. The molecule has 0 spiro atoms. The molecule has 6 heteroatoms. The maximum absolute atomic E-state index is 13.8. The van der Waals surface area contributed by atoms with Gasteiger partial charge in [-0.3, -0.25) is 11.3 Å². The highest BCUT2D eigenvalue weighted by molar-refractivity contribution is 6.30. The number of hydrogen-bond acceptors (Lipinski definition) is 3. The van der Waals surface area contributed by atoms with E-state index in [9.17, 15) is 8.78 Å². The molecule has 1 rings (SSSR count). The Hall–Kier alpha value is -0.750. The highest BCUT2D eigenvalue weighted by Crippen LogP contribution is 2.28. The first kappa shape index (κ1) is 16.3. The Kier molecular flexibility index (Phi) is 5.67. The third-order valence-corrected chi connectivity index (χ3v) is 3.49. The molecule has 0 saturated heterocycles. The second kappa shape index (κ2) is 6.61. The van der Waals surface area contributed by atoms with Crippen molar-refractivity contribution >= 4 is 11.6 Å². The van der Waals surface area contributed by atoms with Crippen molar-refractivity contribution in [1.29, 1.82) is 0 Å². The minimum Gasteiger partial charge on any atom is -0.379 e. The van der Waals surface area contributed by atoms with E-state index in [1.165, 1.54) is 0 Å². The Labute approximate surface area is 117 Å². The van der Waals surface area contributed by atoms with Crippen LogP contribution in [-0.2, 0) is 4.74 Å². The van der Waals surface area contributed by atoms with Gasteiger partial charge in [0.2, 0.25) is 0 Å². The Morgan fingerprint density at radius 2 is 2.00 bits per heavy atom. The fourth-order valence-corrected chi connectivity index (χ4v) is 1.88. The van der Waals surface area contributed by atoms with Crippen molar-refractivity contribution in [3.05, 3.63) is 34.4 Å². The van der Waals surface area contributed by atoms with Crippen LogP contribution >= 0.6 is 11.6 Å². The fraction of sp³-hybridized carbons (Fsp3) is 0.538. The molecule has 0 aromatic heterocycles. The van der Waals surface area contributed by atoms with Gasteiger partial charge in [-0.1, -0.05) is 11.6 Å². The number of nitrogens with one attached hydrogen (secondary N) is 1. The first-order chi connectivity index (χ1) is 8.80. The third kappa shape index (κ3) is 4.38. The summed E-state index contributed by atoms with van der Waals surface area (Å²) in [4.78, 5) is 0. The molecule has 1 unspecified atom stereocenters. The lowest BCUT2D eigenvalue weighted by molar-refractivity contribution is 0.0116. The Morgan fingerprint density at radius 3 is 2.53 bits per heavy atom. The van der Waals surface area contributed by atoms with E-state index < -0.39 is 17.7 Å². The second-order valence-corrected chi connectivity index (χ2v) is 5.42. The quantitative estimate of drug-likeness (QED) is 0.480. The molecule has 0 aliphatic rings. The molecule has 108 valence electrons. The summed E-state index contributed by atoms with van der Waals surface area (Å²) in [6.07, 6.45) is 1.15. The van der Waals surface area contributed by atoms with Crippen LogP contribution in [0.5, 0.6) is 0 Å². The van der Waals surface area contributed by atoms with Crippen LogP contribution in [0.15, 0.2) is 12.1 Å². The van der Waals surface area contributed by atoms with Crippen LogP contribution in [0.25, 0.3) is 0 Å². The molecule has 0 amide bonds. The normalized spacial score (nSPS) is 13.6. The Morgan fingerprint density at radius 1 is 1.37 bits per heavy atom. The number of rotatable bonds is 6. The minimum atomic E-state index is -0.663. The molecule has 3 nitrogen and oxygen atoms in total. The monoisotopic (exact) mass is 292 g/mol. The van der Waals surface area contributed by atoms with Gasteiger partial charge in [0.25, 0.3) is 0 Å². The minimum absolute atomic E-state index is 0.163. The van der Waals surface area contributed by atoms with Crippen LogP contribution in [0.1, 0.15) is 38.3 Å². The van der Waals surface area contributed by atoms with Crippen LogP contribution in [0.2, 0.25) is 5.02 Å². The molecular formula is C13H19ClF2N2O. The van der Waals surface area contributed by atoms with Crippen LogP contribution in [-0.4, -0.2) is 12.7 Å². The van der Waals surface area contributed by atoms with E-state index in [1.54, 1.807) is 7.11 Å². The van der Waals surface area contributed by atoms with Gasteiger partial charge in [0, 0.05) is 18.7 Å². The van der Waals surface area contributed by atoms with Gasteiger partial charge < -0.3 is 4.74 Å². The Bertz CT molecular complexity index is 441. The molecule has 0 heterocycles. The number of methoxy groups -OCH3 is 1. The molecule has 0 saturated carbocycles. The summed E-state index contributed by atoms with van der Waals surface area (Å²) in [6.45, 7) is 3.83. The van der Waals surface area contributed by atoms with Crippen LogP contribution in [0.3, 0.4) is 0 Å². The van der Waals surface area contributed by atoms with E-state index >= 15 is 0 Å². The fourth-order valence-electron chi connectivity index (χ4n) is 1.73. The molecule has 0 aliphatic heterocycles. The van der Waals surface area contributed by atoms with Gasteiger partial charge in [-0.25, -0.2) is 8.78 Å². The molecule has 0 aliphatic carbocycles. The Balaban J connectivity index is 2.89. The highest BCUT2D eigenvalue weighted by Gasteiger charge is 2.22. The lowest BCUT2D eigenvalue weighted by atomic mass is 9.95. The first-order valence-electron chi connectivity index (χ1n) is 5.96. The number of hydrazine groups is 1. The molecule has 1 aromatic carbocycles. The van der Waals surface area contributed by atoms with E-state index in [-0.39, 0.29) is 16.2 Å².